The van der Waals surface area contributed by atoms with Gasteiger partial charge in [-0.15, -0.1) is 16.7 Å². The Balaban J connectivity index is 2.09. The highest BCUT2D eigenvalue weighted by molar-refractivity contribution is 6.42. The molecule has 0 fully saturated rings. The van der Waals surface area contributed by atoms with Crippen LogP contribution in [0, 0.1) is 0 Å². The molecule has 1 aromatic carbocycles. The number of hydrogen-bond acceptors (Lipinski definition) is 2. The monoisotopic (exact) mass is 303 g/mol. The molecule has 0 saturated heterocycles. The number of aromatic nitrogens is 3. The van der Waals surface area contributed by atoms with E-state index < -0.39 is 0 Å². The maximum atomic E-state index is 6.12. The Morgan fingerprint density at radius 1 is 1.22 bits per heavy atom. The zero-order chi connectivity index (χ0) is 13.0. The Labute approximate surface area is 121 Å². The molecule has 18 heavy (non-hydrogen) atoms. The summed E-state index contributed by atoms with van der Waals surface area (Å²) >= 11 is 17.7. The number of nitrogens with zero attached hydrogens (tertiary/aromatic N) is 3. The highest BCUT2D eigenvalue weighted by atomic mass is 35.5. The fourth-order valence-electron chi connectivity index (χ4n) is 1.62. The smallest absolute Gasteiger partial charge is 0.0827 e. The summed E-state index contributed by atoms with van der Waals surface area (Å²) in [4.78, 5) is 0. The van der Waals surface area contributed by atoms with E-state index in [1.807, 2.05) is 18.3 Å². The van der Waals surface area contributed by atoms with Crippen molar-refractivity contribution in [1.29, 1.82) is 0 Å². The fraction of sp³-hybridized carbons (Fsp3) is 0.333. The van der Waals surface area contributed by atoms with Crippen molar-refractivity contribution in [1.82, 2.24) is 15.0 Å². The van der Waals surface area contributed by atoms with E-state index in [0.29, 0.717) is 22.5 Å². The lowest BCUT2D eigenvalue weighted by atomic mass is 10.2. The molecule has 0 atom stereocenters. The Morgan fingerprint density at radius 3 is 2.83 bits per heavy atom. The van der Waals surface area contributed by atoms with Crippen molar-refractivity contribution in [3.8, 4) is 0 Å². The first-order chi connectivity index (χ1) is 8.70. The molecule has 0 aliphatic heterocycles. The summed E-state index contributed by atoms with van der Waals surface area (Å²) in [6, 6.07) is 5.56. The normalized spacial score (nSPS) is 10.8. The maximum Gasteiger partial charge on any atom is 0.0827 e. The van der Waals surface area contributed by atoms with Gasteiger partial charge >= 0.3 is 0 Å². The minimum atomic E-state index is 0.552. The van der Waals surface area contributed by atoms with Crippen molar-refractivity contribution < 1.29 is 0 Å². The van der Waals surface area contributed by atoms with E-state index >= 15 is 0 Å². The lowest BCUT2D eigenvalue weighted by molar-refractivity contribution is 0.649. The highest BCUT2D eigenvalue weighted by Gasteiger charge is 2.06. The van der Waals surface area contributed by atoms with Crippen molar-refractivity contribution in [2.75, 3.05) is 5.88 Å². The van der Waals surface area contributed by atoms with Crippen LogP contribution in [0.1, 0.15) is 17.7 Å². The summed E-state index contributed by atoms with van der Waals surface area (Å²) in [7, 11) is 0. The number of alkyl halides is 1. The summed E-state index contributed by atoms with van der Waals surface area (Å²) in [5, 5.41) is 9.26. The van der Waals surface area contributed by atoms with Crippen LogP contribution in [0.2, 0.25) is 10.0 Å². The molecule has 1 heterocycles. The van der Waals surface area contributed by atoms with E-state index in [0.717, 1.165) is 24.1 Å². The summed E-state index contributed by atoms with van der Waals surface area (Å²) in [5.74, 6) is 0.632. The molecule has 0 aliphatic carbocycles. The summed E-state index contributed by atoms with van der Waals surface area (Å²) in [6.45, 7) is 0.563. The molecule has 6 heteroatoms. The van der Waals surface area contributed by atoms with E-state index in [4.69, 9.17) is 34.8 Å². The van der Waals surface area contributed by atoms with Crippen LogP contribution in [-0.4, -0.2) is 20.9 Å². The highest BCUT2D eigenvalue weighted by Crippen LogP contribution is 2.25. The third kappa shape index (κ3) is 3.37. The lowest BCUT2D eigenvalue weighted by Gasteiger charge is -2.04. The second-order valence-electron chi connectivity index (χ2n) is 3.91. The number of rotatable bonds is 5. The first-order valence-corrected chi connectivity index (χ1v) is 6.87. The molecule has 0 N–H and O–H groups in total. The van der Waals surface area contributed by atoms with Gasteiger partial charge in [-0.3, -0.25) is 0 Å². The average Bonchev–Trinajstić information content (AvgIpc) is 2.80. The lowest BCUT2D eigenvalue weighted by Crippen LogP contribution is -2.01. The van der Waals surface area contributed by atoms with Gasteiger partial charge in [0.2, 0.25) is 0 Å². The van der Waals surface area contributed by atoms with E-state index in [-0.39, 0.29) is 0 Å². The van der Waals surface area contributed by atoms with Crippen molar-refractivity contribution in [2.45, 2.75) is 19.4 Å². The maximum absolute atomic E-state index is 6.12. The SMILES string of the molecule is ClCCCc1cn(Cc2cccc(Cl)c2Cl)nn1. The van der Waals surface area contributed by atoms with Gasteiger partial charge < -0.3 is 0 Å². The van der Waals surface area contributed by atoms with E-state index in [1.54, 1.807) is 10.7 Å². The predicted molar refractivity (Wildman–Crippen MR) is 74.6 cm³/mol. The van der Waals surface area contributed by atoms with Crippen molar-refractivity contribution in [2.24, 2.45) is 0 Å². The van der Waals surface area contributed by atoms with Crippen molar-refractivity contribution >= 4 is 34.8 Å². The van der Waals surface area contributed by atoms with Crippen LogP contribution in [0.5, 0.6) is 0 Å². The summed E-state index contributed by atoms with van der Waals surface area (Å²) in [5.41, 5.74) is 1.87. The Morgan fingerprint density at radius 2 is 2.06 bits per heavy atom. The van der Waals surface area contributed by atoms with E-state index in [9.17, 15) is 0 Å². The summed E-state index contributed by atoms with van der Waals surface area (Å²) < 4.78 is 1.75. The molecule has 0 bridgehead atoms. The summed E-state index contributed by atoms with van der Waals surface area (Å²) in [6.07, 6.45) is 3.65. The quantitative estimate of drug-likeness (QED) is 0.787. The largest absolute Gasteiger partial charge is 0.248 e. The zero-order valence-corrected chi connectivity index (χ0v) is 11.9. The van der Waals surface area contributed by atoms with Gasteiger partial charge in [0.25, 0.3) is 0 Å². The van der Waals surface area contributed by atoms with Crippen LogP contribution in [0.25, 0.3) is 0 Å². The Kier molecular flexibility index (Phi) is 4.87. The number of halogens is 3. The van der Waals surface area contributed by atoms with E-state index in [2.05, 4.69) is 10.3 Å². The molecular formula is C12H12Cl3N3. The Bertz CT molecular complexity index is 525. The van der Waals surface area contributed by atoms with Crippen LogP contribution in [-0.2, 0) is 13.0 Å². The second kappa shape index (κ2) is 6.41. The minimum absolute atomic E-state index is 0.552. The van der Waals surface area contributed by atoms with Gasteiger partial charge in [-0.2, -0.15) is 0 Å². The molecule has 0 unspecified atom stereocenters. The van der Waals surface area contributed by atoms with Crippen LogP contribution >= 0.6 is 34.8 Å². The van der Waals surface area contributed by atoms with Crippen LogP contribution in [0.4, 0.5) is 0 Å². The standard InChI is InChI=1S/C12H12Cl3N3/c13-6-2-4-10-8-18(17-16-10)7-9-3-1-5-11(14)12(9)15/h1,3,5,8H,2,4,6-7H2. The number of aryl methyl sites for hydroxylation is 1. The predicted octanol–water partition coefficient (Wildman–Crippen LogP) is 3.80. The third-order valence-electron chi connectivity index (χ3n) is 2.52. The van der Waals surface area contributed by atoms with Gasteiger partial charge in [-0.25, -0.2) is 4.68 Å². The zero-order valence-electron chi connectivity index (χ0n) is 9.61. The molecule has 0 saturated carbocycles. The molecule has 2 rings (SSSR count). The number of benzene rings is 1. The minimum Gasteiger partial charge on any atom is -0.248 e. The molecular weight excluding hydrogens is 293 g/mol. The third-order valence-corrected chi connectivity index (χ3v) is 3.64. The number of hydrogen-bond donors (Lipinski definition) is 0. The Hall–Kier alpha value is -0.770. The first-order valence-electron chi connectivity index (χ1n) is 5.58. The van der Waals surface area contributed by atoms with Gasteiger partial charge in [0.05, 0.1) is 22.3 Å². The van der Waals surface area contributed by atoms with Crippen LogP contribution < -0.4 is 0 Å². The molecule has 0 aliphatic rings. The van der Waals surface area contributed by atoms with Gasteiger partial charge in [0.15, 0.2) is 0 Å². The van der Waals surface area contributed by atoms with Gasteiger partial charge in [0.1, 0.15) is 0 Å². The molecule has 0 radical (unpaired) electrons. The fourth-order valence-corrected chi connectivity index (χ4v) is 2.14. The first kappa shape index (κ1) is 13.7. The van der Waals surface area contributed by atoms with Crippen LogP contribution in [0.3, 0.4) is 0 Å². The molecule has 2 aromatic rings. The van der Waals surface area contributed by atoms with E-state index in [1.165, 1.54) is 0 Å². The average molecular weight is 305 g/mol. The second-order valence-corrected chi connectivity index (χ2v) is 5.08. The molecule has 0 amide bonds. The topological polar surface area (TPSA) is 30.7 Å². The van der Waals surface area contributed by atoms with Crippen molar-refractivity contribution in [3.63, 3.8) is 0 Å². The van der Waals surface area contributed by atoms with Gasteiger partial charge in [0, 0.05) is 12.1 Å². The molecule has 0 spiro atoms. The molecule has 1 aromatic heterocycles. The van der Waals surface area contributed by atoms with Gasteiger partial charge in [-0.05, 0) is 24.5 Å². The molecule has 96 valence electrons. The van der Waals surface area contributed by atoms with Gasteiger partial charge in [-0.1, -0.05) is 40.5 Å². The van der Waals surface area contributed by atoms with Crippen molar-refractivity contribution in [3.05, 3.63) is 45.7 Å². The molecule has 3 nitrogen and oxygen atoms in total. The van der Waals surface area contributed by atoms with Crippen LogP contribution in [0.15, 0.2) is 24.4 Å².